The van der Waals surface area contributed by atoms with Gasteiger partial charge in [-0.1, -0.05) is 44.1 Å². The van der Waals surface area contributed by atoms with Crippen molar-refractivity contribution in [3.05, 3.63) is 41.5 Å². The summed E-state index contributed by atoms with van der Waals surface area (Å²) in [6, 6.07) is 8.72. The van der Waals surface area contributed by atoms with Crippen LogP contribution in [0, 0.1) is 23.7 Å². The van der Waals surface area contributed by atoms with Crippen molar-refractivity contribution in [1.82, 2.24) is 0 Å². The zero-order valence-electron chi connectivity index (χ0n) is 18.1. The molecule has 0 saturated heterocycles. The van der Waals surface area contributed by atoms with Gasteiger partial charge in [0.2, 0.25) is 6.29 Å². The second-order valence-corrected chi connectivity index (χ2v) is 9.59. The Morgan fingerprint density at radius 3 is 2.19 bits per heavy atom. The Labute approximate surface area is 166 Å². The summed E-state index contributed by atoms with van der Waals surface area (Å²) >= 11 is 0. The van der Waals surface area contributed by atoms with Crippen LogP contribution in [0.1, 0.15) is 78.7 Å². The molecule has 0 N–H and O–H groups in total. The summed E-state index contributed by atoms with van der Waals surface area (Å²) in [7, 11) is 0. The number of benzene rings is 1. The van der Waals surface area contributed by atoms with E-state index in [2.05, 4.69) is 71.9 Å². The van der Waals surface area contributed by atoms with Gasteiger partial charge in [0.25, 0.3) is 0 Å². The molecule has 2 aliphatic rings. The van der Waals surface area contributed by atoms with Crippen LogP contribution in [-0.2, 0) is 4.74 Å². The Morgan fingerprint density at radius 2 is 1.70 bits per heavy atom. The van der Waals surface area contributed by atoms with Crippen molar-refractivity contribution in [2.24, 2.45) is 23.7 Å². The number of rotatable bonds is 8. The molecule has 0 aromatic heterocycles. The third kappa shape index (κ3) is 5.16. The summed E-state index contributed by atoms with van der Waals surface area (Å²) in [5.41, 5.74) is 2.73. The van der Waals surface area contributed by atoms with Gasteiger partial charge in [0.1, 0.15) is 5.75 Å². The SMILES string of the molecule is CC(C)=CC(c1ccc(OC(OC(C)C)C2CC3CCC2C3)cc1)C(C)C. The molecule has 1 aromatic carbocycles. The van der Waals surface area contributed by atoms with Crippen LogP contribution in [-0.4, -0.2) is 12.4 Å². The molecule has 2 bridgehead atoms. The third-order valence-electron chi connectivity index (χ3n) is 6.30. The quantitative estimate of drug-likeness (QED) is 0.364. The van der Waals surface area contributed by atoms with Crippen molar-refractivity contribution in [3.8, 4) is 5.75 Å². The van der Waals surface area contributed by atoms with E-state index < -0.39 is 0 Å². The molecule has 5 unspecified atom stereocenters. The predicted molar refractivity (Wildman–Crippen MR) is 113 cm³/mol. The normalized spacial score (nSPS) is 26.4. The Morgan fingerprint density at radius 1 is 1.00 bits per heavy atom. The zero-order valence-corrected chi connectivity index (χ0v) is 18.1. The molecule has 3 rings (SSSR count). The van der Waals surface area contributed by atoms with Crippen LogP contribution in [0.5, 0.6) is 5.75 Å². The molecular weight excluding hydrogens is 332 g/mol. The highest BCUT2D eigenvalue weighted by atomic mass is 16.7. The van der Waals surface area contributed by atoms with Crippen molar-refractivity contribution in [3.63, 3.8) is 0 Å². The van der Waals surface area contributed by atoms with Crippen molar-refractivity contribution < 1.29 is 9.47 Å². The third-order valence-corrected chi connectivity index (χ3v) is 6.30. The molecule has 1 aromatic rings. The summed E-state index contributed by atoms with van der Waals surface area (Å²) < 4.78 is 12.6. The van der Waals surface area contributed by atoms with Crippen molar-refractivity contribution in [2.75, 3.05) is 0 Å². The summed E-state index contributed by atoms with van der Waals surface area (Å²) in [6.07, 6.45) is 7.88. The molecule has 0 heterocycles. The zero-order chi connectivity index (χ0) is 19.6. The lowest BCUT2D eigenvalue weighted by Crippen LogP contribution is -2.35. The minimum absolute atomic E-state index is 0.107. The minimum atomic E-state index is -0.107. The fourth-order valence-corrected chi connectivity index (χ4v) is 5.05. The van der Waals surface area contributed by atoms with E-state index in [-0.39, 0.29) is 12.4 Å². The number of allylic oxidation sites excluding steroid dienone is 2. The molecule has 27 heavy (non-hydrogen) atoms. The average molecular weight is 371 g/mol. The first kappa shape index (κ1) is 20.5. The van der Waals surface area contributed by atoms with Crippen molar-refractivity contribution in [2.45, 2.75) is 85.5 Å². The van der Waals surface area contributed by atoms with Crippen LogP contribution in [0.4, 0.5) is 0 Å². The van der Waals surface area contributed by atoms with E-state index in [0.717, 1.165) is 17.6 Å². The van der Waals surface area contributed by atoms with Crippen LogP contribution in [0.15, 0.2) is 35.9 Å². The predicted octanol–water partition coefficient (Wildman–Crippen LogP) is 6.96. The molecule has 5 atom stereocenters. The fourth-order valence-electron chi connectivity index (χ4n) is 5.05. The highest BCUT2D eigenvalue weighted by Crippen LogP contribution is 2.50. The molecule has 2 heteroatoms. The van der Waals surface area contributed by atoms with E-state index in [9.17, 15) is 0 Å². The van der Waals surface area contributed by atoms with Crippen LogP contribution in [0.3, 0.4) is 0 Å². The van der Waals surface area contributed by atoms with Crippen molar-refractivity contribution in [1.29, 1.82) is 0 Å². The van der Waals surface area contributed by atoms with Crippen LogP contribution in [0.2, 0.25) is 0 Å². The van der Waals surface area contributed by atoms with E-state index in [1.807, 2.05) is 0 Å². The van der Waals surface area contributed by atoms with Gasteiger partial charge >= 0.3 is 0 Å². The second-order valence-electron chi connectivity index (χ2n) is 9.59. The summed E-state index contributed by atoms with van der Waals surface area (Å²) in [5, 5.41) is 0. The van der Waals surface area contributed by atoms with Gasteiger partial charge in [-0.15, -0.1) is 0 Å². The maximum Gasteiger partial charge on any atom is 0.203 e. The minimum Gasteiger partial charge on any atom is -0.465 e. The average Bonchev–Trinajstić information content (AvgIpc) is 3.22. The van der Waals surface area contributed by atoms with Gasteiger partial charge in [-0.25, -0.2) is 0 Å². The second kappa shape index (κ2) is 8.82. The van der Waals surface area contributed by atoms with E-state index in [1.54, 1.807) is 0 Å². The summed E-state index contributed by atoms with van der Waals surface area (Å²) in [4.78, 5) is 0. The van der Waals surface area contributed by atoms with Gasteiger partial charge in [0.15, 0.2) is 0 Å². The Bertz CT molecular complexity index is 624. The van der Waals surface area contributed by atoms with Crippen LogP contribution >= 0.6 is 0 Å². The summed E-state index contributed by atoms with van der Waals surface area (Å²) in [6.45, 7) is 13.1. The molecule has 0 spiro atoms. The van der Waals surface area contributed by atoms with Crippen LogP contribution in [0.25, 0.3) is 0 Å². The lowest BCUT2D eigenvalue weighted by Gasteiger charge is -2.32. The molecule has 2 aliphatic carbocycles. The van der Waals surface area contributed by atoms with E-state index in [1.165, 1.54) is 36.8 Å². The molecule has 2 nitrogen and oxygen atoms in total. The molecule has 0 aliphatic heterocycles. The molecule has 2 fully saturated rings. The van der Waals surface area contributed by atoms with Gasteiger partial charge in [-0.2, -0.15) is 0 Å². The van der Waals surface area contributed by atoms with E-state index in [0.29, 0.717) is 17.8 Å². The molecule has 0 amide bonds. The van der Waals surface area contributed by atoms with Gasteiger partial charge in [0, 0.05) is 11.8 Å². The largest absolute Gasteiger partial charge is 0.465 e. The number of ether oxygens (including phenoxy) is 2. The Balaban J connectivity index is 1.72. The summed E-state index contributed by atoms with van der Waals surface area (Å²) in [5.74, 6) is 4.22. The standard InChI is InChI=1S/C25H38O2/c1-16(2)13-23(17(3)4)20-9-11-22(12-10-20)27-25(26-18(5)6)24-15-19-7-8-21(24)14-19/h9-13,17-19,21,23-25H,7-8,14-15H2,1-6H3. The number of hydrogen-bond donors (Lipinski definition) is 0. The molecule has 2 saturated carbocycles. The number of fused-ring (bicyclic) bond motifs is 2. The molecule has 0 radical (unpaired) electrons. The highest BCUT2D eigenvalue weighted by molar-refractivity contribution is 5.32. The topological polar surface area (TPSA) is 18.5 Å². The molecule has 150 valence electrons. The Hall–Kier alpha value is -1.28. The van der Waals surface area contributed by atoms with E-state index >= 15 is 0 Å². The first-order valence-electron chi connectivity index (χ1n) is 10.9. The van der Waals surface area contributed by atoms with Gasteiger partial charge in [0.05, 0.1) is 6.10 Å². The maximum atomic E-state index is 6.40. The Kier molecular flexibility index (Phi) is 6.68. The fraction of sp³-hybridized carbons (Fsp3) is 0.680. The highest BCUT2D eigenvalue weighted by Gasteiger charge is 2.44. The smallest absolute Gasteiger partial charge is 0.203 e. The first-order chi connectivity index (χ1) is 12.8. The number of hydrogen-bond acceptors (Lipinski definition) is 2. The van der Waals surface area contributed by atoms with Gasteiger partial charge in [-0.05, 0) is 82.4 Å². The maximum absolute atomic E-state index is 6.40. The van der Waals surface area contributed by atoms with Gasteiger partial charge < -0.3 is 9.47 Å². The van der Waals surface area contributed by atoms with Crippen LogP contribution < -0.4 is 4.74 Å². The monoisotopic (exact) mass is 370 g/mol. The molecular formula is C25H38O2. The lowest BCUT2D eigenvalue weighted by molar-refractivity contribution is -0.149. The first-order valence-corrected chi connectivity index (χ1v) is 10.9. The van der Waals surface area contributed by atoms with E-state index in [4.69, 9.17) is 9.47 Å². The lowest BCUT2D eigenvalue weighted by atomic mass is 9.87. The van der Waals surface area contributed by atoms with Crippen molar-refractivity contribution >= 4 is 0 Å². The van der Waals surface area contributed by atoms with Gasteiger partial charge in [-0.3, -0.25) is 0 Å².